The highest BCUT2D eigenvalue weighted by Gasteiger charge is 2.42. The monoisotopic (exact) mass is 541 g/mol. The number of hydrogen-bond acceptors (Lipinski definition) is 4. The van der Waals surface area contributed by atoms with E-state index in [9.17, 15) is 31.4 Å². The van der Waals surface area contributed by atoms with Crippen LogP contribution in [0.15, 0.2) is 42.7 Å². The van der Waals surface area contributed by atoms with E-state index in [0.717, 1.165) is 30.2 Å². The lowest BCUT2D eigenvalue weighted by molar-refractivity contribution is -0.138. The van der Waals surface area contributed by atoms with E-state index in [4.69, 9.17) is 4.74 Å². The average molecular weight is 542 g/mol. The van der Waals surface area contributed by atoms with Gasteiger partial charge in [-0.1, -0.05) is 12.1 Å². The second kappa shape index (κ2) is 9.44. The topological polar surface area (TPSA) is 59.3 Å². The van der Waals surface area contributed by atoms with Gasteiger partial charge >= 0.3 is 12.4 Å². The van der Waals surface area contributed by atoms with Crippen molar-refractivity contribution in [1.82, 2.24) is 14.9 Å². The molecule has 5 rings (SSSR count). The lowest BCUT2D eigenvalue weighted by Gasteiger charge is -2.41. The Morgan fingerprint density at radius 3 is 2.34 bits per heavy atom. The number of rotatable bonds is 5. The summed E-state index contributed by atoms with van der Waals surface area (Å²) in [5.74, 6) is 0.0347. The molecule has 0 spiro atoms. The first kappa shape index (κ1) is 26.8. The van der Waals surface area contributed by atoms with E-state index in [0.29, 0.717) is 19.3 Å². The summed E-state index contributed by atoms with van der Waals surface area (Å²) in [6, 6.07) is 7.18. The number of aromatic nitrogens is 2. The maximum atomic E-state index is 14.1. The van der Waals surface area contributed by atoms with Gasteiger partial charge in [0.2, 0.25) is 0 Å². The lowest BCUT2D eigenvalue weighted by atomic mass is 9.77. The summed E-state index contributed by atoms with van der Waals surface area (Å²) in [7, 11) is 0. The van der Waals surface area contributed by atoms with Crippen LogP contribution in [0.25, 0.3) is 11.0 Å². The van der Waals surface area contributed by atoms with Crippen LogP contribution in [0.2, 0.25) is 0 Å². The number of alkyl halides is 6. The first-order valence-corrected chi connectivity index (χ1v) is 12.6. The number of nitrogens with zero attached hydrogens (tertiary/aromatic N) is 2. The zero-order valence-corrected chi connectivity index (χ0v) is 20.9. The maximum Gasteiger partial charge on any atom is 0.418 e. The molecule has 11 heteroatoms. The predicted octanol–water partition coefficient (Wildman–Crippen LogP) is 6.46. The number of benzene rings is 2. The normalized spacial score (nSPS) is 28.3. The number of fused-ring (bicyclic) bond motifs is 1. The van der Waals surface area contributed by atoms with E-state index >= 15 is 0 Å². The minimum Gasteiger partial charge on any atom is -0.492 e. The van der Waals surface area contributed by atoms with E-state index in [2.05, 4.69) is 10.3 Å². The van der Waals surface area contributed by atoms with Crippen LogP contribution in [0.3, 0.4) is 0 Å². The van der Waals surface area contributed by atoms with Crippen molar-refractivity contribution in [3.05, 3.63) is 59.4 Å². The molecule has 3 aromatic rings. The van der Waals surface area contributed by atoms with Crippen molar-refractivity contribution < 1.29 is 36.2 Å². The molecule has 2 heterocycles. The Morgan fingerprint density at radius 1 is 1.05 bits per heavy atom. The molecule has 2 fully saturated rings. The fourth-order valence-electron chi connectivity index (χ4n) is 5.81. The van der Waals surface area contributed by atoms with Crippen molar-refractivity contribution >= 4 is 11.0 Å². The Morgan fingerprint density at radius 2 is 1.74 bits per heavy atom. The number of halogens is 6. The standard InChI is InChI=1S/C27H29F6N3O2/c1-15-7-17(16-3-5-18(6-4-16)26(28,29)30)8-19(35-15)13-38-21-9-22(27(31,32)33)24-23(10-21)34-14-36(24)20-11-25(2,37)12-20/h3-6,9-10,14-15,17,19-20,35,37H,7-8,11-13H2,1-2H3. The molecule has 0 radical (unpaired) electrons. The van der Waals surface area contributed by atoms with Crippen LogP contribution in [0, 0.1) is 0 Å². The van der Waals surface area contributed by atoms with Gasteiger partial charge in [0.15, 0.2) is 0 Å². The van der Waals surface area contributed by atoms with Crippen molar-refractivity contribution in [2.75, 3.05) is 6.61 Å². The molecule has 2 N–H and O–H groups in total. The van der Waals surface area contributed by atoms with Gasteiger partial charge in [-0.05, 0) is 69.2 Å². The summed E-state index contributed by atoms with van der Waals surface area (Å²) in [6.07, 6.45) is -5.67. The highest BCUT2D eigenvalue weighted by molar-refractivity contribution is 5.82. The molecule has 3 atom stereocenters. The van der Waals surface area contributed by atoms with Crippen molar-refractivity contribution in [1.29, 1.82) is 0 Å². The van der Waals surface area contributed by atoms with Gasteiger partial charge in [0.05, 0.1) is 34.1 Å². The smallest absolute Gasteiger partial charge is 0.418 e. The molecule has 2 aromatic carbocycles. The van der Waals surface area contributed by atoms with Crippen LogP contribution in [0.4, 0.5) is 26.3 Å². The average Bonchev–Trinajstić information content (AvgIpc) is 3.22. The van der Waals surface area contributed by atoms with Gasteiger partial charge in [0.1, 0.15) is 12.4 Å². The van der Waals surface area contributed by atoms with Crippen LogP contribution in [-0.4, -0.2) is 38.9 Å². The molecule has 206 valence electrons. The summed E-state index contributed by atoms with van der Waals surface area (Å²) in [6.45, 7) is 3.71. The van der Waals surface area contributed by atoms with Crippen molar-refractivity contribution in [2.24, 2.45) is 0 Å². The minimum absolute atomic E-state index is 0.00858. The SMILES string of the molecule is CC1CC(c2ccc(C(F)(F)F)cc2)CC(COc2cc(C(F)(F)F)c3c(c2)ncn3C2CC(C)(O)C2)N1. The fourth-order valence-corrected chi connectivity index (χ4v) is 5.81. The molecule has 1 aliphatic carbocycles. The predicted molar refractivity (Wildman–Crippen MR) is 129 cm³/mol. The van der Waals surface area contributed by atoms with Gasteiger partial charge in [-0.25, -0.2) is 4.98 Å². The number of piperidine rings is 1. The van der Waals surface area contributed by atoms with Crippen LogP contribution < -0.4 is 10.1 Å². The Labute approximate surface area is 215 Å². The van der Waals surface area contributed by atoms with Gasteiger partial charge in [0, 0.05) is 24.2 Å². The molecule has 1 saturated carbocycles. The number of nitrogens with one attached hydrogen (secondary N) is 1. The van der Waals surface area contributed by atoms with Gasteiger partial charge in [0.25, 0.3) is 0 Å². The third-order valence-electron chi connectivity index (χ3n) is 7.58. The number of ether oxygens (including phenoxy) is 1. The molecule has 1 saturated heterocycles. The molecular formula is C27H29F6N3O2. The minimum atomic E-state index is -4.63. The van der Waals surface area contributed by atoms with Crippen LogP contribution in [-0.2, 0) is 12.4 Å². The summed E-state index contributed by atoms with van der Waals surface area (Å²) >= 11 is 0. The second-order valence-corrected chi connectivity index (χ2v) is 10.9. The molecule has 0 bridgehead atoms. The number of aliphatic hydroxyl groups is 1. The largest absolute Gasteiger partial charge is 0.492 e. The molecule has 5 nitrogen and oxygen atoms in total. The lowest BCUT2D eigenvalue weighted by Crippen LogP contribution is -2.46. The van der Waals surface area contributed by atoms with E-state index in [1.54, 1.807) is 6.92 Å². The summed E-state index contributed by atoms with van der Waals surface area (Å²) in [5, 5.41) is 13.4. The highest BCUT2D eigenvalue weighted by atomic mass is 19.4. The van der Waals surface area contributed by atoms with E-state index in [1.807, 2.05) is 6.92 Å². The zero-order chi connectivity index (χ0) is 27.5. The summed E-state index contributed by atoms with van der Waals surface area (Å²) in [4.78, 5) is 4.19. The van der Waals surface area contributed by atoms with E-state index in [1.165, 1.54) is 29.1 Å². The third kappa shape index (κ3) is 5.49. The fraction of sp³-hybridized carbons (Fsp3) is 0.519. The number of hydrogen-bond donors (Lipinski definition) is 2. The Bertz CT molecular complexity index is 1290. The Kier molecular flexibility index (Phi) is 6.66. The molecule has 1 aliphatic heterocycles. The van der Waals surface area contributed by atoms with Gasteiger partial charge in [-0.15, -0.1) is 0 Å². The van der Waals surface area contributed by atoms with Crippen molar-refractivity contribution in [2.45, 2.75) is 81.5 Å². The first-order chi connectivity index (χ1) is 17.7. The van der Waals surface area contributed by atoms with Crippen molar-refractivity contribution in [3.63, 3.8) is 0 Å². The molecule has 1 aromatic heterocycles. The van der Waals surface area contributed by atoms with Crippen molar-refractivity contribution in [3.8, 4) is 5.75 Å². The molecular weight excluding hydrogens is 512 g/mol. The van der Waals surface area contributed by atoms with E-state index in [-0.39, 0.29) is 47.4 Å². The Balaban J connectivity index is 1.32. The second-order valence-electron chi connectivity index (χ2n) is 10.9. The quantitative estimate of drug-likeness (QED) is 0.364. The Hall–Kier alpha value is -2.79. The summed E-state index contributed by atoms with van der Waals surface area (Å²) in [5.41, 5.74) is -1.53. The zero-order valence-electron chi connectivity index (χ0n) is 20.9. The van der Waals surface area contributed by atoms with Crippen LogP contribution >= 0.6 is 0 Å². The van der Waals surface area contributed by atoms with E-state index < -0.39 is 29.1 Å². The molecule has 0 amide bonds. The molecule has 2 aliphatic rings. The summed E-state index contributed by atoms with van der Waals surface area (Å²) < 4.78 is 88.2. The maximum absolute atomic E-state index is 14.1. The number of imidazole rings is 1. The van der Waals surface area contributed by atoms with Gasteiger partial charge in [-0.3, -0.25) is 0 Å². The van der Waals surface area contributed by atoms with Crippen LogP contribution in [0.1, 0.15) is 68.2 Å². The molecule has 38 heavy (non-hydrogen) atoms. The molecule has 3 unspecified atom stereocenters. The highest BCUT2D eigenvalue weighted by Crippen LogP contribution is 2.45. The van der Waals surface area contributed by atoms with Gasteiger partial charge in [-0.2, -0.15) is 26.3 Å². The van der Waals surface area contributed by atoms with Gasteiger partial charge < -0.3 is 19.7 Å². The first-order valence-electron chi connectivity index (χ1n) is 12.6. The third-order valence-corrected chi connectivity index (χ3v) is 7.58. The van der Waals surface area contributed by atoms with Crippen LogP contribution in [0.5, 0.6) is 5.75 Å².